The lowest BCUT2D eigenvalue weighted by atomic mass is 9.94. The van der Waals surface area contributed by atoms with E-state index in [9.17, 15) is 9.59 Å². The van der Waals surface area contributed by atoms with Gasteiger partial charge in [-0.3, -0.25) is 9.59 Å². The zero-order valence-electron chi connectivity index (χ0n) is 9.79. The molecule has 0 spiro atoms. The van der Waals surface area contributed by atoms with Crippen LogP contribution in [0.25, 0.3) is 0 Å². The second-order valence-corrected chi connectivity index (χ2v) is 4.61. The summed E-state index contributed by atoms with van der Waals surface area (Å²) in [4.78, 5) is 23.3. The van der Waals surface area contributed by atoms with Crippen molar-refractivity contribution in [1.29, 1.82) is 0 Å². The first-order chi connectivity index (χ1) is 7.06. The highest BCUT2D eigenvalue weighted by molar-refractivity contribution is 6.01. The van der Waals surface area contributed by atoms with Crippen molar-refractivity contribution in [3.63, 3.8) is 0 Å². The molecule has 1 saturated carbocycles. The van der Waals surface area contributed by atoms with Crippen LogP contribution in [0.5, 0.6) is 0 Å². The first-order valence-corrected chi connectivity index (χ1v) is 5.76. The second kappa shape index (κ2) is 5.29. The van der Waals surface area contributed by atoms with Gasteiger partial charge in [-0.2, -0.15) is 0 Å². The van der Waals surface area contributed by atoms with E-state index in [0.717, 1.165) is 12.8 Å². The lowest BCUT2D eigenvalue weighted by Gasteiger charge is -2.11. The quantitative estimate of drug-likeness (QED) is 0.530. The van der Waals surface area contributed by atoms with Crippen LogP contribution in [0.3, 0.4) is 0 Å². The molecule has 1 fully saturated rings. The maximum atomic E-state index is 11.9. The van der Waals surface area contributed by atoms with Crippen molar-refractivity contribution in [2.24, 2.45) is 17.8 Å². The van der Waals surface area contributed by atoms with E-state index in [0.29, 0.717) is 18.9 Å². The Balaban J connectivity index is 2.52. The maximum absolute atomic E-state index is 11.9. The molecule has 0 heterocycles. The Bertz CT molecular complexity index is 245. The Morgan fingerprint density at radius 3 is 2.67 bits per heavy atom. The van der Waals surface area contributed by atoms with E-state index in [-0.39, 0.29) is 17.7 Å². The van der Waals surface area contributed by atoms with E-state index >= 15 is 0 Å². The van der Waals surface area contributed by atoms with Gasteiger partial charge in [0, 0.05) is 5.92 Å². The fourth-order valence-corrected chi connectivity index (χ4v) is 2.22. The minimum atomic E-state index is -0.478. The van der Waals surface area contributed by atoms with Gasteiger partial charge in [0.25, 0.3) is 0 Å². The normalized spacial score (nSPS) is 26.0. The number of hydrogen-bond donors (Lipinski definition) is 0. The molecule has 3 heteroatoms. The molecule has 2 atom stereocenters. The predicted molar refractivity (Wildman–Crippen MR) is 57.3 cm³/mol. The molecule has 86 valence electrons. The molecule has 1 aliphatic rings. The average molecular weight is 212 g/mol. The zero-order chi connectivity index (χ0) is 11.4. The Kier molecular flexibility index (Phi) is 4.30. The van der Waals surface area contributed by atoms with Crippen LogP contribution < -0.4 is 0 Å². The van der Waals surface area contributed by atoms with E-state index in [4.69, 9.17) is 4.74 Å². The summed E-state index contributed by atoms with van der Waals surface area (Å²) in [5, 5.41) is 0. The summed E-state index contributed by atoms with van der Waals surface area (Å²) < 4.78 is 4.89. The average Bonchev–Trinajstić information content (AvgIpc) is 2.48. The number of ether oxygens (including phenoxy) is 1. The Morgan fingerprint density at radius 1 is 1.47 bits per heavy atom. The monoisotopic (exact) mass is 212 g/mol. The van der Waals surface area contributed by atoms with Gasteiger partial charge < -0.3 is 4.74 Å². The molecular formula is C12H20O3. The van der Waals surface area contributed by atoms with Gasteiger partial charge in [0.05, 0.1) is 6.61 Å². The van der Waals surface area contributed by atoms with Gasteiger partial charge in [0.15, 0.2) is 0 Å². The summed E-state index contributed by atoms with van der Waals surface area (Å²) in [6, 6.07) is 0. The van der Waals surface area contributed by atoms with Crippen LogP contribution in [-0.2, 0) is 14.3 Å². The standard InChI is InChI=1S/C12H20O3/c1-4-15-12(14)10-6-5-9(11(10)13)7-8(2)3/h8-10H,4-7H2,1-3H3/t9-,10-/m1/s1. The summed E-state index contributed by atoms with van der Waals surface area (Å²) in [7, 11) is 0. The molecule has 0 bridgehead atoms. The predicted octanol–water partition coefficient (Wildman–Crippen LogP) is 2.19. The van der Waals surface area contributed by atoms with E-state index in [1.54, 1.807) is 6.92 Å². The van der Waals surface area contributed by atoms with Gasteiger partial charge in [-0.1, -0.05) is 13.8 Å². The summed E-state index contributed by atoms with van der Waals surface area (Å²) in [6.45, 7) is 6.33. The summed E-state index contributed by atoms with van der Waals surface area (Å²) in [5.74, 6) is -0.107. The van der Waals surface area contributed by atoms with E-state index in [1.165, 1.54) is 0 Å². The number of esters is 1. The molecule has 1 aliphatic carbocycles. The lowest BCUT2D eigenvalue weighted by molar-refractivity contribution is -0.151. The van der Waals surface area contributed by atoms with Gasteiger partial charge >= 0.3 is 5.97 Å². The third kappa shape index (κ3) is 3.05. The number of ketones is 1. The number of carbonyl (C=O) groups is 2. The third-order valence-corrected chi connectivity index (χ3v) is 2.88. The van der Waals surface area contributed by atoms with E-state index < -0.39 is 5.92 Å². The van der Waals surface area contributed by atoms with Crippen LogP contribution in [0.4, 0.5) is 0 Å². The maximum Gasteiger partial charge on any atom is 0.316 e. The highest BCUT2D eigenvalue weighted by Gasteiger charge is 2.39. The van der Waals surface area contributed by atoms with Gasteiger partial charge in [0.2, 0.25) is 0 Å². The van der Waals surface area contributed by atoms with Gasteiger partial charge in [-0.25, -0.2) is 0 Å². The van der Waals surface area contributed by atoms with Gasteiger partial charge in [-0.05, 0) is 32.1 Å². The fraction of sp³-hybridized carbons (Fsp3) is 0.833. The van der Waals surface area contributed by atoms with Crippen LogP contribution in [0.15, 0.2) is 0 Å². The highest BCUT2D eigenvalue weighted by Crippen LogP contribution is 2.32. The Hall–Kier alpha value is -0.860. The topological polar surface area (TPSA) is 43.4 Å². The molecule has 0 N–H and O–H groups in total. The molecule has 0 aromatic carbocycles. The van der Waals surface area contributed by atoms with Crippen molar-refractivity contribution in [3.05, 3.63) is 0 Å². The Morgan fingerprint density at radius 2 is 2.13 bits per heavy atom. The van der Waals surface area contributed by atoms with Gasteiger partial charge in [-0.15, -0.1) is 0 Å². The van der Waals surface area contributed by atoms with E-state index in [1.807, 2.05) is 0 Å². The molecule has 0 amide bonds. The molecular weight excluding hydrogens is 192 g/mol. The van der Waals surface area contributed by atoms with Crippen LogP contribution in [0, 0.1) is 17.8 Å². The molecule has 0 saturated heterocycles. The lowest BCUT2D eigenvalue weighted by Crippen LogP contribution is -2.24. The van der Waals surface area contributed by atoms with Crippen LogP contribution in [-0.4, -0.2) is 18.4 Å². The minimum Gasteiger partial charge on any atom is -0.465 e. The molecule has 0 aromatic heterocycles. The summed E-state index contributed by atoms with van der Waals surface area (Å²) in [5.41, 5.74) is 0. The SMILES string of the molecule is CCOC(=O)[C@@H]1CC[C@H](CC(C)C)C1=O. The van der Waals surface area contributed by atoms with Crippen LogP contribution in [0.1, 0.15) is 40.0 Å². The molecule has 15 heavy (non-hydrogen) atoms. The fourth-order valence-electron chi connectivity index (χ4n) is 2.22. The minimum absolute atomic E-state index is 0.0828. The van der Waals surface area contributed by atoms with Crippen molar-refractivity contribution in [2.45, 2.75) is 40.0 Å². The van der Waals surface area contributed by atoms with Crippen molar-refractivity contribution in [1.82, 2.24) is 0 Å². The summed E-state index contributed by atoms with van der Waals surface area (Å²) in [6.07, 6.45) is 2.42. The van der Waals surface area contributed by atoms with Crippen molar-refractivity contribution in [3.8, 4) is 0 Å². The molecule has 0 unspecified atom stereocenters. The molecule has 0 radical (unpaired) electrons. The highest BCUT2D eigenvalue weighted by atomic mass is 16.5. The zero-order valence-corrected chi connectivity index (χ0v) is 9.79. The Labute approximate surface area is 91.2 Å². The van der Waals surface area contributed by atoms with Crippen molar-refractivity contribution < 1.29 is 14.3 Å². The smallest absolute Gasteiger partial charge is 0.316 e. The van der Waals surface area contributed by atoms with Crippen molar-refractivity contribution in [2.75, 3.05) is 6.61 Å². The van der Waals surface area contributed by atoms with Gasteiger partial charge in [0.1, 0.15) is 11.7 Å². The second-order valence-electron chi connectivity index (χ2n) is 4.61. The number of rotatable bonds is 4. The number of Topliss-reactive ketones (excluding diaryl/α,β-unsaturated/α-hetero) is 1. The summed E-state index contributed by atoms with van der Waals surface area (Å²) >= 11 is 0. The molecule has 0 aliphatic heterocycles. The van der Waals surface area contributed by atoms with Crippen molar-refractivity contribution >= 4 is 11.8 Å². The van der Waals surface area contributed by atoms with Crippen LogP contribution in [0.2, 0.25) is 0 Å². The number of hydrogen-bond acceptors (Lipinski definition) is 3. The largest absolute Gasteiger partial charge is 0.465 e. The first-order valence-electron chi connectivity index (χ1n) is 5.76. The van der Waals surface area contributed by atoms with Crippen LogP contribution >= 0.6 is 0 Å². The third-order valence-electron chi connectivity index (χ3n) is 2.88. The first kappa shape index (κ1) is 12.2. The molecule has 0 aromatic rings. The number of carbonyl (C=O) groups excluding carboxylic acids is 2. The van der Waals surface area contributed by atoms with E-state index in [2.05, 4.69) is 13.8 Å². The molecule has 1 rings (SSSR count). The molecule has 3 nitrogen and oxygen atoms in total.